The summed E-state index contributed by atoms with van der Waals surface area (Å²) in [5, 5.41) is 22.3. The Balaban J connectivity index is 1.62. The smallest absolute Gasteiger partial charge is 0.335 e. The number of hydrogen-bond acceptors (Lipinski definition) is 3. The maximum atomic E-state index is 14.6. The molecule has 1 atom stereocenters. The van der Waals surface area contributed by atoms with Crippen LogP contribution in [0.2, 0.25) is 5.02 Å². The number of aromatic amines is 1. The van der Waals surface area contributed by atoms with Gasteiger partial charge in [-0.25, -0.2) is 18.6 Å². The van der Waals surface area contributed by atoms with Gasteiger partial charge in [-0.1, -0.05) is 41.9 Å². The zero-order valence-corrected chi connectivity index (χ0v) is 19.3. The zero-order chi connectivity index (χ0) is 25.4. The fourth-order valence-electron chi connectivity index (χ4n) is 4.22. The topological polar surface area (TPSA) is 92.9 Å². The second kappa shape index (κ2) is 9.39. The molecule has 0 aliphatic heterocycles. The van der Waals surface area contributed by atoms with Crippen molar-refractivity contribution < 1.29 is 23.4 Å². The number of carboxylic acids is 1. The Morgan fingerprint density at radius 2 is 1.86 bits per heavy atom. The minimum absolute atomic E-state index is 0.0421. The SMILES string of the molecule is O=C(O)c1ccc2nc(C(Cc3ccccc3)c3ccc(-c4c(F)ccc(Cl)c4F)c[n+]3[O-])[nH]c2c1. The van der Waals surface area contributed by atoms with Gasteiger partial charge in [-0.15, -0.1) is 0 Å². The highest BCUT2D eigenvalue weighted by atomic mass is 35.5. The molecule has 1 unspecified atom stereocenters. The van der Waals surface area contributed by atoms with Gasteiger partial charge < -0.3 is 15.3 Å². The molecule has 0 bridgehead atoms. The molecule has 0 saturated carbocycles. The molecule has 2 heterocycles. The molecule has 5 aromatic rings. The number of nitrogens with zero attached hydrogens (tertiary/aromatic N) is 2. The van der Waals surface area contributed by atoms with Crippen molar-refractivity contribution in [1.82, 2.24) is 9.97 Å². The third-order valence-corrected chi connectivity index (χ3v) is 6.29. The minimum Gasteiger partial charge on any atom is -0.618 e. The Bertz CT molecular complexity index is 1610. The van der Waals surface area contributed by atoms with E-state index >= 15 is 0 Å². The van der Waals surface area contributed by atoms with Crippen LogP contribution in [0.5, 0.6) is 0 Å². The van der Waals surface area contributed by atoms with Crippen molar-refractivity contribution >= 4 is 28.6 Å². The van der Waals surface area contributed by atoms with Crippen molar-refractivity contribution in [2.24, 2.45) is 0 Å². The normalized spacial score (nSPS) is 12.1. The molecule has 36 heavy (non-hydrogen) atoms. The second-order valence-electron chi connectivity index (χ2n) is 8.29. The highest BCUT2D eigenvalue weighted by Gasteiger charge is 2.27. The van der Waals surface area contributed by atoms with Crippen LogP contribution in [0, 0.1) is 16.8 Å². The first-order valence-corrected chi connectivity index (χ1v) is 11.3. The van der Waals surface area contributed by atoms with Crippen LogP contribution in [-0.4, -0.2) is 21.0 Å². The number of pyridine rings is 1. The lowest BCUT2D eigenvalue weighted by atomic mass is 9.94. The number of carbonyl (C=O) groups is 1. The molecule has 2 N–H and O–H groups in total. The molecule has 0 aliphatic carbocycles. The summed E-state index contributed by atoms with van der Waals surface area (Å²) in [5.74, 6) is -2.96. The number of fused-ring (bicyclic) bond motifs is 1. The Morgan fingerprint density at radius 3 is 2.58 bits per heavy atom. The quantitative estimate of drug-likeness (QED) is 0.171. The first kappa shape index (κ1) is 23.4. The third-order valence-electron chi connectivity index (χ3n) is 5.99. The van der Waals surface area contributed by atoms with E-state index in [0.717, 1.165) is 23.9 Å². The van der Waals surface area contributed by atoms with E-state index in [4.69, 9.17) is 11.6 Å². The lowest BCUT2D eigenvalue weighted by Gasteiger charge is -2.16. The number of nitrogens with one attached hydrogen (secondary N) is 1. The first-order valence-electron chi connectivity index (χ1n) is 11.0. The zero-order valence-electron chi connectivity index (χ0n) is 18.6. The van der Waals surface area contributed by atoms with Gasteiger partial charge in [-0.2, -0.15) is 4.73 Å². The Kier molecular flexibility index (Phi) is 6.12. The summed E-state index contributed by atoms with van der Waals surface area (Å²) >= 11 is 5.82. The van der Waals surface area contributed by atoms with Gasteiger partial charge in [0.1, 0.15) is 17.6 Å². The van der Waals surface area contributed by atoms with Crippen molar-refractivity contribution in [3.63, 3.8) is 0 Å². The molecule has 0 fully saturated rings. The first-order chi connectivity index (χ1) is 17.3. The van der Waals surface area contributed by atoms with Crippen LogP contribution < -0.4 is 4.73 Å². The molecule has 0 amide bonds. The minimum atomic E-state index is -1.07. The molecule has 9 heteroatoms. The van der Waals surface area contributed by atoms with Crippen LogP contribution >= 0.6 is 11.6 Å². The van der Waals surface area contributed by atoms with Crippen LogP contribution in [0.15, 0.2) is 79.0 Å². The lowest BCUT2D eigenvalue weighted by Crippen LogP contribution is -2.34. The number of halogens is 3. The van der Waals surface area contributed by atoms with Crippen LogP contribution in [0.1, 0.15) is 33.4 Å². The van der Waals surface area contributed by atoms with E-state index < -0.39 is 23.5 Å². The summed E-state index contributed by atoms with van der Waals surface area (Å²) in [4.78, 5) is 19.1. The van der Waals surface area contributed by atoms with Gasteiger partial charge in [-0.05, 0) is 48.4 Å². The standard InChI is InChI=1S/C27H18ClF2N3O3/c28-19-8-9-20(29)24(25(19)30)17-7-11-23(33(36)14-17)18(12-15-4-2-1-3-5-15)26-31-21-10-6-16(27(34)35)13-22(21)32-26/h1-11,13-14,18H,12H2,(H,31,32)(H,34,35). The molecular formula is C27H18ClF2N3O3. The van der Waals surface area contributed by atoms with Gasteiger partial charge in [-0.3, -0.25) is 0 Å². The van der Waals surface area contributed by atoms with E-state index in [1.165, 1.54) is 24.3 Å². The number of aromatic nitrogens is 3. The van der Waals surface area contributed by atoms with Crippen molar-refractivity contribution in [2.45, 2.75) is 12.3 Å². The number of hydrogen-bond donors (Lipinski definition) is 2. The molecule has 180 valence electrons. The highest BCUT2D eigenvalue weighted by Crippen LogP contribution is 2.32. The summed E-state index contributed by atoms with van der Waals surface area (Å²) < 4.78 is 29.5. The van der Waals surface area contributed by atoms with Crippen molar-refractivity contribution in [1.29, 1.82) is 0 Å². The predicted octanol–water partition coefficient (Wildman–Crippen LogP) is 5.87. The van der Waals surface area contributed by atoms with Gasteiger partial charge in [0.05, 0.1) is 32.7 Å². The summed E-state index contributed by atoms with van der Waals surface area (Å²) in [6.07, 6.45) is 1.50. The lowest BCUT2D eigenvalue weighted by molar-refractivity contribution is -0.614. The largest absolute Gasteiger partial charge is 0.618 e. The van der Waals surface area contributed by atoms with Gasteiger partial charge in [0.15, 0.2) is 12.0 Å². The van der Waals surface area contributed by atoms with Crippen LogP contribution in [0.4, 0.5) is 8.78 Å². The van der Waals surface area contributed by atoms with E-state index in [1.807, 2.05) is 30.3 Å². The van der Waals surface area contributed by atoms with E-state index in [1.54, 1.807) is 6.07 Å². The Hall–Kier alpha value is -4.30. The number of rotatable bonds is 6. The van der Waals surface area contributed by atoms with E-state index in [2.05, 4.69) is 9.97 Å². The molecule has 2 aromatic heterocycles. The third kappa shape index (κ3) is 4.38. The number of imidazole rings is 1. The van der Waals surface area contributed by atoms with Crippen molar-refractivity contribution in [2.75, 3.05) is 0 Å². The van der Waals surface area contributed by atoms with Gasteiger partial charge in [0.25, 0.3) is 0 Å². The number of benzene rings is 3. The predicted molar refractivity (Wildman–Crippen MR) is 131 cm³/mol. The number of carboxylic acid groups (broad SMARTS) is 1. The van der Waals surface area contributed by atoms with Gasteiger partial charge >= 0.3 is 5.97 Å². The van der Waals surface area contributed by atoms with Crippen LogP contribution in [0.3, 0.4) is 0 Å². The molecule has 6 nitrogen and oxygen atoms in total. The van der Waals surface area contributed by atoms with Crippen molar-refractivity contribution in [3.05, 3.63) is 124 Å². The Morgan fingerprint density at radius 1 is 1.08 bits per heavy atom. The van der Waals surface area contributed by atoms with E-state index in [-0.39, 0.29) is 21.7 Å². The fraction of sp³-hybridized carbons (Fsp3) is 0.0741. The molecular weight excluding hydrogens is 488 g/mol. The molecule has 5 rings (SSSR count). The number of H-pyrrole nitrogens is 1. The second-order valence-corrected chi connectivity index (χ2v) is 8.70. The monoisotopic (exact) mass is 505 g/mol. The summed E-state index contributed by atoms with van der Waals surface area (Å²) in [5.41, 5.74) is 2.05. The molecule has 0 aliphatic rings. The Labute approximate surface area is 209 Å². The molecule has 0 saturated heterocycles. The van der Waals surface area contributed by atoms with Crippen molar-refractivity contribution in [3.8, 4) is 11.1 Å². The summed E-state index contributed by atoms with van der Waals surface area (Å²) in [6.45, 7) is 0. The summed E-state index contributed by atoms with van der Waals surface area (Å²) in [7, 11) is 0. The highest BCUT2D eigenvalue weighted by molar-refractivity contribution is 6.31. The molecule has 0 radical (unpaired) electrons. The van der Waals surface area contributed by atoms with Crippen LogP contribution in [0.25, 0.3) is 22.2 Å². The van der Waals surface area contributed by atoms with Crippen LogP contribution in [-0.2, 0) is 6.42 Å². The average Bonchev–Trinajstić information content (AvgIpc) is 3.29. The van der Waals surface area contributed by atoms with E-state index in [9.17, 15) is 23.9 Å². The molecule has 0 spiro atoms. The molecule has 3 aromatic carbocycles. The number of aromatic carboxylic acids is 1. The maximum Gasteiger partial charge on any atom is 0.335 e. The average molecular weight is 506 g/mol. The maximum absolute atomic E-state index is 14.6. The van der Waals surface area contributed by atoms with Gasteiger partial charge in [0, 0.05) is 6.07 Å². The fourth-order valence-corrected chi connectivity index (χ4v) is 4.38. The van der Waals surface area contributed by atoms with Gasteiger partial charge in [0.2, 0.25) is 5.69 Å². The summed E-state index contributed by atoms with van der Waals surface area (Å²) in [6, 6.07) is 19.1. The van der Waals surface area contributed by atoms with E-state index in [0.29, 0.717) is 33.7 Å².